The molecular weight excluding hydrogens is 479 g/mol. The number of nitrogens with one attached hydrogen (secondary N) is 1. The van der Waals surface area contributed by atoms with Gasteiger partial charge in [-0.25, -0.2) is 14.6 Å². The van der Waals surface area contributed by atoms with Crippen molar-refractivity contribution in [2.24, 2.45) is 16.5 Å². The third kappa shape index (κ3) is 8.13. The van der Waals surface area contributed by atoms with E-state index in [1.54, 1.807) is 0 Å². The second-order valence-electron chi connectivity index (χ2n) is 5.99. The van der Waals surface area contributed by atoms with E-state index in [9.17, 15) is 27.6 Å². The minimum absolute atomic E-state index is 0.0604. The number of rotatable bonds is 6. The number of carbonyl (C=O) groups is 4. The monoisotopic (exact) mass is 493 g/mol. The Bertz CT molecular complexity index is 1120. The highest BCUT2D eigenvalue weighted by molar-refractivity contribution is 6.35. The number of halogens is 4. The Morgan fingerprint density at radius 1 is 1.12 bits per heavy atom. The van der Waals surface area contributed by atoms with Crippen molar-refractivity contribution in [3.63, 3.8) is 0 Å². The van der Waals surface area contributed by atoms with Crippen LogP contribution in [0, 0.1) is 0 Å². The van der Waals surface area contributed by atoms with Crippen molar-refractivity contribution >= 4 is 58.0 Å². The first kappa shape index (κ1) is 26.9. The molecule has 178 valence electrons. The summed E-state index contributed by atoms with van der Waals surface area (Å²) in [4.78, 5) is 50.8. The average Bonchev–Trinajstić information content (AvgIpc) is 2.68. The highest BCUT2D eigenvalue weighted by Gasteiger charge is 2.38. The first-order valence-corrected chi connectivity index (χ1v) is 8.74. The van der Waals surface area contributed by atoms with Gasteiger partial charge in [0.15, 0.2) is 11.8 Å². The number of aliphatic imine (C=N–C) groups is 1. The summed E-state index contributed by atoms with van der Waals surface area (Å²) in [6.07, 6.45) is -4.50. The molecule has 8 N–H and O–H groups in total. The molecule has 0 saturated carbocycles. The molecule has 2 rings (SSSR count). The fourth-order valence-electron chi connectivity index (χ4n) is 2.16. The highest BCUT2D eigenvalue weighted by Crippen LogP contribution is 2.30. The van der Waals surface area contributed by atoms with E-state index in [0.29, 0.717) is 15.8 Å². The maximum atomic E-state index is 12.3. The van der Waals surface area contributed by atoms with Crippen LogP contribution in [0.4, 0.5) is 19.0 Å². The number of nitrogens with two attached hydrogens (primary N) is 2. The predicted octanol–water partition coefficient (Wildman–Crippen LogP) is 1.08. The van der Waals surface area contributed by atoms with E-state index in [1.807, 2.05) is 0 Å². The van der Waals surface area contributed by atoms with Gasteiger partial charge in [0.25, 0.3) is 5.91 Å². The van der Waals surface area contributed by atoms with Crippen LogP contribution in [-0.2, 0) is 14.4 Å². The number of fused-ring (bicyclic) bond motifs is 1. The fourth-order valence-corrected chi connectivity index (χ4v) is 2.38. The van der Waals surface area contributed by atoms with Crippen LogP contribution in [0.25, 0.3) is 10.8 Å². The van der Waals surface area contributed by atoms with Crippen LogP contribution in [0.2, 0.25) is 5.02 Å². The number of hydrogen-bond donors (Lipinski definition) is 6. The van der Waals surface area contributed by atoms with E-state index < -0.39 is 42.5 Å². The summed E-state index contributed by atoms with van der Waals surface area (Å²) in [5.41, 5.74) is 10.8. The number of pyridine rings is 1. The number of guanidine groups is 1. The van der Waals surface area contributed by atoms with E-state index in [2.05, 4.69) is 15.3 Å². The van der Waals surface area contributed by atoms with Gasteiger partial charge in [-0.3, -0.25) is 9.59 Å². The van der Waals surface area contributed by atoms with Gasteiger partial charge in [0.05, 0.1) is 11.4 Å². The van der Waals surface area contributed by atoms with Crippen molar-refractivity contribution in [2.45, 2.75) is 18.6 Å². The second-order valence-corrected chi connectivity index (χ2v) is 6.40. The molecule has 0 fully saturated rings. The summed E-state index contributed by atoms with van der Waals surface area (Å²) in [6.45, 7) is 0. The quantitative estimate of drug-likeness (QED) is 0.248. The van der Waals surface area contributed by atoms with Gasteiger partial charge in [0.1, 0.15) is 6.04 Å². The summed E-state index contributed by atoms with van der Waals surface area (Å²) < 4.78 is 31.7. The average molecular weight is 494 g/mol. The van der Waals surface area contributed by atoms with E-state index >= 15 is 0 Å². The van der Waals surface area contributed by atoms with E-state index in [-0.39, 0.29) is 17.3 Å². The van der Waals surface area contributed by atoms with Crippen LogP contribution in [0.15, 0.2) is 29.4 Å². The molecule has 0 bridgehead atoms. The largest absolute Gasteiger partial charge is 0.490 e. The highest BCUT2D eigenvalue weighted by atomic mass is 35.5. The number of carbonyl (C=O) groups excluding carboxylic acids is 1. The summed E-state index contributed by atoms with van der Waals surface area (Å²) in [5, 5.41) is 28.2. The molecule has 1 heterocycles. The molecule has 0 aliphatic carbocycles. The zero-order valence-corrected chi connectivity index (χ0v) is 16.9. The standard InChI is InChI=1S/C15H14ClN5O5.C2HF3O2/c16-9-5-19-12(21-15(17)18)8-3-6(1-2-7(8)9)13(24)20-10(14(25)26)4-11(22)23;3-2(4,5)1(6)7/h1-3,5,10H,4H2,(H,20,24)(H,22,23)(H,25,26)(H4,17,18,19,21);(H,6,7)/t10-;/m0./s1. The van der Waals surface area contributed by atoms with Gasteiger partial charge in [0, 0.05) is 22.5 Å². The topological polar surface area (TPSA) is 218 Å². The molecule has 0 unspecified atom stereocenters. The summed E-state index contributed by atoms with van der Waals surface area (Å²) >= 11 is 6.06. The number of amides is 1. The van der Waals surface area contributed by atoms with Gasteiger partial charge in [-0.1, -0.05) is 17.7 Å². The lowest BCUT2D eigenvalue weighted by atomic mass is 10.1. The molecule has 0 saturated heterocycles. The molecular formula is C17H15ClF3N5O7. The van der Waals surface area contributed by atoms with Gasteiger partial charge in [-0.05, 0) is 12.1 Å². The number of aliphatic carboxylic acids is 3. The zero-order valence-electron chi connectivity index (χ0n) is 16.1. The normalized spacial score (nSPS) is 11.5. The molecule has 1 aromatic carbocycles. The third-order valence-corrected chi connectivity index (χ3v) is 3.84. The van der Waals surface area contributed by atoms with Gasteiger partial charge < -0.3 is 32.1 Å². The molecule has 1 amide bonds. The molecule has 33 heavy (non-hydrogen) atoms. The predicted molar refractivity (Wildman–Crippen MR) is 107 cm³/mol. The van der Waals surface area contributed by atoms with E-state index in [4.69, 9.17) is 43.2 Å². The minimum atomic E-state index is -5.08. The van der Waals surface area contributed by atoms with Crippen LogP contribution >= 0.6 is 11.6 Å². The molecule has 0 spiro atoms. The van der Waals surface area contributed by atoms with Crippen molar-refractivity contribution < 1.29 is 47.7 Å². The van der Waals surface area contributed by atoms with Crippen molar-refractivity contribution in [1.29, 1.82) is 0 Å². The van der Waals surface area contributed by atoms with Crippen molar-refractivity contribution in [3.8, 4) is 0 Å². The molecule has 1 atom stereocenters. The number of nitrogens with zero attached hydrogens (tertiary/aromatic N) is 2. The molecule has 0 radical (unpaired) electrons. The van der Waals surface area contributed by atoms with Crippen molar-refractivity contribution in [3.05, 3.63) is 35.0 Å². The Labute approximate surface area is 186 Å². The van der Waals surface area contributed by atoms with Gasteiger partial charge in [-0.15, -0.1) is 0 Å². The molecule has 12 nitrogen and oxygen atoms in total. The van der Waals surface area contributed by atoms with Gasteiger partial charge >= 0.3 is 24.1 Å². The second kappa shape index (κ2) is 10.9. The molecule has 0 aliphatic heterocycles. The Morgan fingerprint density at radius 3 is 2.15 bits per heavy atom. The summed E-state index contributed by atoms with van der Waals surface area (Å²) in [7, 11) is 0. The van der Waals surface area contributed by atoms with Gasteiger partial charge in [-0.2, -0.15) is 18.2 Å². The van der Waals surface area contributed by atoms with Crippen molar-refractivity contribution in [2.75, 3.05) is 0 Å². The van der Waals surface area contributed by atoms with Gasteiger partial charge in [0.2, 0.25) is 0 Å². The Hall–Kier alpha value is -4.14. The SMILES string of the molecule is NC(N)=Nc1ncc(Cl)c2ccc(C(=O)N[C@@H](CC(=O)O)C(=O)O)cc12.O=C(O)C(F)(F)F. The zero-order chi connectivity index (χ0) is 25.5. The lowest BCUT2D eigenvalue weighted by Crippen LogP contribution is -2.42. The van der Waals surface area contributed by atoms with Crippen LogP contribution in [-0.4, -0.2) is 62.3 Å². The Kier molecular flexibility index (Phi) is 8.92. The molecule has 1 aromatic heterocycles. The number of benzene rings is 1. The number of hydrogen-bond acceptors (Lipinski definition) is 6. The summed E-state index contributed by atoms with van der Waals surface area (Å²) in [6, 6.07) is 2.73. The Balaban J connectivity index is 0.000000675. The smallest absolute Gasteiger partial charge is 0.481 e. The van der Waals surface area contributed by atoms with Crippen LogP contribution < -0.4 is 16.8 Å². The van der Waals surface area contributed by atoms with Crippen molar-refractivity contribution in [1.82, 2.24) is 10.3 Å². The summed E-state index contributed by atoms with van der Waals surface area (Å²) in [5.74, 6) is -6.49. The van der Waals surface area contributed by atoms with Crippen LogP contribution in [0.5, 0.6) is 0 Å². The molecule has 0 aliphatic rings. The van der Waals surface area contributed by atoms with E-state index in [1.165, 1.54) is 24.4 Å². The Morgan fingerprint density at radius 2 is 1.70 bits per heavy atom. The third-order valence-electron chi connectivity index (χ3n) is 3.54. The first-order chi connectivity index (χ1) is 15.1. The fraction of sp³-hybridized carbons (Fsp3) is 0.176. The number of alkyl halides is 3. The molecule has 16 heteroatoms. The lowest BCUT2D eigenvalue weighted by molar-refractivity contribution is -0.192. The minimum Gasteiger partial charge on any atom is -0.481 e. The number of carboxylic acids is 3. The molecule has 2 aromatic rings. The maximum Gasteiger partial charge on any atom is 0.490 e. The van der Waals surface area contributed by atoms with Crippen LogP contribution in [0.3, 0.4) is 0 Å². The number of carboxylic acid groups (broad SMARTS) is 3. The number of aromatic nitrogens is 1. The lowest BCUT2D eigenvalue weighted by Gasteiger charge is -2.13. The first-order valence-electron chi connectivity index (χ1n) is 8.37. The van der Waals surface area contributed by atoms with E-state index in [0.717, 1.165) is 0 Å². The maximum absolute atomic E-state index is 12.3. The van der Waals surface area contributed by atoms with Crippen LogP contribution in [0.1, 0.15) is 16.8 Å².